The Hall–Kier alpha value is -1.89. The normalized spacial score (nSPS) is 10.5. The van der Waals surface area contributed by atoms with Crippen LogP contribution in [0.25, 0.3) is 0 Å². The Morgan fingerprint density at radius 2 is 2.35 bits per heavy atom. The van der Waals surface area contributed by atoms with Crippen LogP contribution >= 0.6 is 11.3 Å². The SMILES string of the molecule is CN(Cc1nccn1C)c1ncc(C(=O)O)s1. The molecule has 2 heterocycles. The van der Waals surface area contributed by atoms with Crippen LogP contribution in [0.3, 0.4) is 0 Å². The van der Waals surface area contributed by atoms with E-state index in [1.807, 2.05) is 29.8 Å². The fraction of sp³-hybridized carbons (Fsp3) is 0.300. The number of nitrogens with zero attached hydrogens (tertiary/aromatic N) is 4. The van der Waals surface area contributed by atoms with Crippen molar-refractivity contribution >= 4 is 22.4 Å². The highest BCUT2D eigenvalue weighted by atomic mass is 32.1. The van der Waals surface area contributed by atoms with Crippen molar-refractivity contribution in [3.05, 3.63) is 29.3 Å². The van der Waals surface area contributed by atoms with Crippen molar-refractivity contribution in [2.24, 2.45) is 7.05 Å². The Morgan fingerprint density at radius 3 is 2.88 bits per heavy atom. The van der Waals surface area contributed by atoms with Crippen LogP contribution in [0.15, 0.2) is 18.6 Å². The number of aryl methyl sites for hydroxylation is 1. The third-order valence-corrected chi connectivity index (χ3v) is 3.43. The number of aromatic nitrogens is 3. The first kappa shape index (κ1) is 11.6. The molecule has 0 bridgehead atoms. The molecule has 6 nitrogen and oxygen atoms in total. The fourth-order valence-corrected chi connectivity index (χ4v) is 2.08. The van der Waals surface area contributed by atoms with E-state index in [1.54, 1.807) is 6.20 Å². The number of hydrogen-bond acceptors (Lipinski definition) is 5. The van der Waals surface area contributed by atoms with Crippen molar-refractivity contribution in [3.8, 4) is 0 Å². The Kier molecular flexibility index (Phi) is 3.10. The first-order valence-electron chi connectivity index (χ1n) is 4.94. The lowest BCUT2D eigenvalue weighted by Crippen LogP contribution is -2.18. The summed E-state index contributed by atoms with van der Waals surface area (Å²) in [5.74, 6) is -0.0429. The van der Waals surface area contributed by atoms with Crippen molar-refractivity contribution in [2.75, 3.05) is 11.9 Å². The molecule has 0 amide bonds. The Labute approximate surface area is 102 Å². The zero-order valence-electron chi connectivity index (χ0n) is 9.49. The van der Waals surface area contributed by atoms with Crippen molar-refractivity contribution in [1.82, 2.24) is 14.5 Å². The molecule has 0 aliphatic carbocycles. The van der Waals surface area contributed by atoms with Gasteiger partial charge in [0.15, 0.2) is 5.13 Å². The topological polar surface area (TPSA) is 71.2 Å². The van der Waals surface area contributed by atoms with Crippen LogP contribution < -0.4 is 4.90 Å². The van der Waals surface area contributed by atoms with E-state index in [2.05, 4.69) is 9.97 Å². The molecule has 7 heteroatoms. The van der Waals surface area contributed by atoms with Crippen LogP contribution in [0.1, 0.15) is 15.5 Å². The van der Waals surface area contributed by atoms with Crippen molar-refractivity contribution in [1.29, 1.82) is 0 Å². The van der Waals surface area contributed by atoms with Crippen molar-refractivity contribution < 1.29 is 9.90 Å². The van der Waals surface area contributed by atoms with Crippen LogP contribution in [0.5, 0.6) is 0 Å². The molecule has 0 atom stereocenters. The van der Waals surface area contributed by atoms with Crippen LogP contribution in [-0.4, -0.2) is 32.7 Å². The standard InChI is InChI=1S/C10H12N4O2S/c1-13-4-3-11-8(13)6-14(2)10-12-5-7(17-10)9(15)16/h3-5H,6H2,1-2H3,(H,15,16). The summed E-state index contributed by atoms with van der Waals surface area (Å²) in [4.78, 5) is 21.1. The molecule has 0 unspecified atom stereocenters. The molecule has 2 aromatic rings. The molecular weight excluding hydrogens is 240 g/mol. The number of carbonyl (C=O) groups is 1. The first-order valence-corrected chi connectivity index (χ1v) is 5.76. The summed E-state index contributed by atoms with van der Waals surface area (Å²) in [6, 6.07) is 0. The number of carboxylic acid groups (broad SMARTS) is 1. The van der Waals surface area contributed by atoms with E-state index in [1.165, 1.54) is 6.20 Å². The van der Waals surface area contributed by atoms with Gasteiger partial charge in [-0.05, 0) is 0 Å². The molecule has 0 aromatic carbocycles. The number of aromatic carboxylic acids is 1. The second kappa shape index (κ2) is 4.54. The molecule has 2 rings (SSSR count). The van der Waals surface area contributed by atoms with Crippen LogP contribution in [0.2, 0.25) is 0 Å². The molecule has 90 valence electrons. The number of hydrogen-bond donors (Lipinski definition) is 1. The lowest BCUT2D eigenvalue weighted by Gasteiger charge is -2.14. The second-order valence-electron chi connectivity index (χ2n) is 3.62. The van der Waals surface area contributed by atoms with E-state index < -0.39 is 5.97 Å². The van der Waals surface area contributed by atoms with Gasteiger partial charge in [-0.15, -0.1) is 0 Å². The number of carboxylic acids is 1. The highest BCUT2D eigenvalue weighted by Crippen LogP contribution is 2.22. The largest absolute Gasteiger partial charge is 0.477 e. The van der Waals surface area contributed by atoms with E-state index in [-0.39, 0.29) is 4.88 Å². The first-order chi connectivity index (χ1) is 8.08. The van der Waals surface area contributed by atoms with Gasteiger partial charge < -0.3 is 14.6 Å². The molecule has 0 fully saturated rings. The zero-order chi connectivity index (χ0) is 12.4. The van der Waals surface area contributed by atoms with Gasteiger partial charge in [-0.2, -0.15) is 0 Å². The minimum absolute atomic E-state index is 0.242. The minimum atomic E-state index is -0.945. The number of imidazole rings is 1. The summed E-state index contributed by atoms with van der Waals surface area (Å²) >= 11 is 1.16. The predicted octanol–water partition coefficient (Wildman–Crippen LogP) is 1.21. The molecule has 0 aliphatic rings. The number of thiazole rings is 1. The minimum Gasteiger partial charge on any atom is -0.477 e. The Balaban J connectivity index is 2.12. The number of anilines is 1. The summed E-state index contributed by atoms with van der Waals surface area (Å²) in [5.41, 5.74) is 0. The molecule has 0 saturated carbocycles. The lowest BCUT2D eigenvalue weighted by atomic mass is 10.5. The van der Waals surface area contributed by atoms with Gasteiger partial charge in [0.1, 0.15) is 10.7 Å². The summed E-state index contributed by atoms with van der Waals surface area (Å²) < 4.78 is 1.92. The van der Waals surface area contributed by atoms with Gasteiger partial charge in [-0.3, -0.25) is 0 Å². The molecule has 17 heavy (non-hydrogen) atoms. The fourth-order valence-electron chi connectivity index (χ4n) is 1.37. The summed E-state index contributed by atoms with van der Waals surface area (Å²) in [7, 11) is 3.78. The van der Waals surface area contributed by atoms with Gasteiger partial charge in [0.25, 0.3) is 0 Å². The lowest BCUT2D eigenvalue weighted by molar-refractivity contribution is 0.0702. The van der Waals surface area contributed by atoms with E-state index in [0.717, 1.165) is 17.2 Å². The summed E-state index contributed by atoms with van der Waals surface area (Å²) in [6.07, 6.45) is 4.97. The molecule has 0 saturated heterocycles. The maximum absolute atomic E-state index is 10.7. The molecule has 2 aromatic heterocycles. The van der Waals surface area contributed by atoms with Gasteiger partial charge in [0.2, 0.25) is 0 Å². The van der Waals surface area contributed by atoms with E-state index in [0.29, 0.717) is 11.7 Å². The van der Waals surface area contributed by atoms with Crippen LogP contribution in [0, 0.1) is 0 Å². The summed E-state index contributed by atoms with van der Waals surface area (Å²) in [5, 5.41) is 9.49. The third-order valence-electron chi connectivity index (χ3n) is 2.33. The highest BCUT2D eigenvalue weighted by Gasteiger charge is 2.13. The molecule has 0 radical (unpaired) electrons. The molecule has 0 aliphatic heterocycles. The van der Waals surface area contributed by atoms with Gasteiger partial charge in [0.05, 0.1) is 12.7 Å². The quantitative estimate of drug-likeness (QED) is 0.885. The van der Waals surface area contributed by atoms with Crippen LogP contribution in [0.4, 0.5) is 5.13 Å². The third kappa shape index (κ3) is 2.44. The average Bonchev–Trinajstić information content (AvgIpc) is 2.88. The maximum Gasteiger partial charge on any atom is 0.347 e. The van der Waals surface area contributed by atoms with Crippen LogP contribution in [-0.2, 0) is 13.6 Å². The Morgan fingerprint density at radius 1 is 1.59 bits per heavy atom. The molecule has 0 spiro atoms. The highest BCUT2D eigenvalue weighted by molar-refractivity contribution is 7.17. The molecular formula is C10H12N4O2S. The zero-order valence-corrected chi connectivity index (χ0v) is 10.3. The monoisotopic (exact) mass is 252 g/mol. The van der Waals surface area contributed by atoms with Crippen molar-refractivity contribution in [2.45, 2.75) is 6.54 Å². The average molecular weight is 252 g/mol. The van der Waals surface area contributed by atoms with Gasteiger partial charge in [0, 0.05) is 26.5 Å². The van der Waals surface area contributed by atoms with Gasteiger partial charge in [-0.25, -0.2) is 14.8 Å². The van der Waals surface area contributed by atoms with Gasteiger partial charge >= 0.3 is 5.97 Å². The molecule has 1 N–H and O–H groups in total. The second-order valence-corrected chi connectivity index (χ2v) is 4.63. The Bertz CT molecular complexity index is 534. The summed E-state index contributed by atoms with van der Waals surface area (Å²) in [6.45, 7) is 0.593. The van der Waals surface area contributed by atoms with Crippen molar-refractivity contribution in [3.63, 3.8) is 0 Å². The van der Waals surface area contributed by atoms with E-state index in [4.69, 9.17) is 5.11 Å². The van der Waals surface area contributed by atoms with E-state index in [9.17, 15) is 4.79 Å². The predicted molar refractivity (Wildman–Crippen MR) is 64.4 cm³/mol. The van der Waals surface area contributed by atoms with E-state index >= 15 is 0 Å². The van der Waals surface area contributed by atoms with Gasteiger partial charge in [-0.1, -0.05) is 11.3 Å². The maximum atomic E-state index is 10.7. The smallest absolute Gasteiger partial charge is 0.347 e. The number of rotatable bonds is 4.